The van der Waals surface area contributed by atoms with Gasteiger partial charge in [0.2, 0.25) is 0 Å². The molecule has 7 heteroatoms. The van der Waals surface area contributed by atoms with Gasteiger partial charge in [-0.3, -0.25) is 4.79 Å². The molecule has 3 rings (SSSR count). The minimum atomic E-state index is -0.520. The van der Waals surface area contributed by atoms with E-state index in [1.165, 1.54) is 0 Å². The first kappa shape index (κ1) is 18.6. The Labute approximate surface area is 158 Å². The predicted octanol–water partition coefficient (Wildman–Crippen LogP) is 3.82. The van der Waals surface area contributed by atoms with Crippen molar-refractivity contribution >= 4 is 34.5 Å². The Kier molecular flexibility index (Phi) is 4.88. The third kappa shape index (κ3) is 3.96. The molecule has 1 aliphatic rings. The van der Waals surface area contributed by atoms with Crippen LogP contribution < -0.4 is 0 Å². The van der Waals surface area contributed by atoms with Crippen molar-refractivity contribution in [2.45, 2.75) is 33.3 Å². The average molecular weight is 378 g/mol. The summed E-state index contributed by atoms with van der Waals surface area (Å²) < 4.78 is 5.39. The topological polar surface area (TPSA) is 65.6 Å². The van der Waals surface area contributed by atoms with Crippen LogP contribution in [0.3, 0.4) is 0 Å². The van der Waals surface area contributed by atoms with Crippen molar-refractivity contribution < 1.29 is 14.3 Å². The molecule has 0 spiro atoms. The van der Waals surface area contributed by atoms with Gasteiger partial charge in [-0.2, -0.15) is 0 Å². The summed E-state index contributed by atoms with van der Waals surface area (Å²) in [5.41, 5.74) is 1.94. The minimum Gasteiger partial charge on any atom is -0.444 e. The summed E-state index contributed by atoms with van der Waals surface area (Å²) in [5.74, 6) is -0.0689. The van der Waals surface area contributed by atoms with Crippen LogP contribution in [0.4, 0.5) is 4.79 Å². The number of carbonyl (C=O) groups is 2. The Balaban J connectivity index is 1.67. The highest BCUT2D eigenvalue weighted by Gasteiger charge is 2.28. The summed E-state index contributed by atoms with van der Waals surface area (Å²) in [6.07, 6.45) is -0.333. The first-order chi connectivity index (χ1) is 12.1. The van der Waals surface area contributed by atoms with Gasteiger partial charge in [0.1, 0.15) is 11.3 Å². The zero-order chi connectivity index (χ0) is 19.1. The van der Waals surface area contributed by atoms with Crippen LogP contribution >= 0.6 is 11.6 Å². The SMILES string of the molecule is Cc1cc(Cl)cc2cc(C(=O)N3CCN(C(=O)OC(C)(C)C)CC3)[nH]c12. The van der Waals surface area contributed by atoms with E-state index in [-0.39, 0.29) is 12.0 Å². The van der Waals surface area contributed by atoms with E-state index in [1.807, 2.05) is 45.9 Å². The lowest BCUT2D eigenvalue weighted by molar-refractivity contribution is 0.0140. The number of aromatic amines is 1. The van der Waals surface area contributed by atoms with Crippen molar-refractivity contribution in [2.24, 2.45) is 0 Å². The number of halogens is 1. The maximum absolute atomic E-state index is 12.8. The Bertz CT molecular complexity index is 846. The third-order valence-electron chi connectivity index (χ3n) is 4.34. The maximum Gasteiger partial charge on any atom is 0.410 e. The van der Waals surface area contributed by atoms with Crippen LogP contribution in [0.5, 0.6) is 0 Å². The minimum absolute atomic E-state index is 0.0689. The molecule has 0 radical (unpaired) electrons. The molecule has 140 valence electrons. The van der Waals surface area contributed by atoms with E-state index in [0.29, 0.717) is 36.9 Å². The number of rotatable bonds is 1. The Hall–Kier alpha value is -2.21. The second-order valence-corrected chi connectivity index (χ2v) is 8.07. The molecule has 2 heterocycles. The van der Waals surface area contributed by atoms with Gasteiger partial charge in [0.15, 0.2) is 0 Å². The van der Waals surface area contributed by atoms with Crippen LogP contribution in [0.1, 0.15) is 36.8 Å². The summed E-state index contributed by atoms with van der Waals surface area (Å²) in [7, 11) is 0. The molecule has 1 aromatic heterocycles. The lowest BCUT2D eigenvalue weighted by Crippen LogP contribution is -2.51. The molecule has 26 heavy (non-hydrogen) atoms. The molecule has 2 aromatic rings. The fraction of sp³-hybridized carbons (Fsp3) is 0.474. The lowest BCUT2D eigenvalue weighted by atomic mass is 10.2. The molecule has 2 amide bonds. The number of hydrogen-bond donors (Lipinski definition) is 1. The number of carbonyl (C=O) groups excluding carboxylic acids is 2. The Morgan fingerprint density at radius 1 is 1.08 bits per heavy atom. The lowest BCUT2D eigenvalue weighted by Gasteiger charge is -2.35. The van der Waals surface area contributed by atoms with Crippen LogP contribution in [0.15, 0.2) is 18.2 Å². The van der Waals surface area contributed by atoms with Crippen molar-refractivity contribution in [1.29, 1.82) is 0 Å². The van der Waals surface area contributed by atoms with E-state index in [4.69, 9.17) is 16.3 Å². The zero-order valence-corrected chi connectivity index (χ0v) is 16.3. The summed E-state index contributed by atoms with van der Waals surface area (Å²) in [4.78, 5) is 31.5. The predicted molar refractivity (Wildman–Crippen MR) is 102 cm³/mol. The highest BCUT2D eigenvalue weighted by Crippen LogP contribution is 2.25. The number of hydrogen-bond acceptors (Lipinski definition) is 3. The number of piperazine rings is 1. The summed E-state index contributed by atoms with van der Waals surface area (Å²) in [6, 6.07) is 5.54. The molecule has 0 bridgehead atoms. The molecular formula is C19H24ClN3O3. The Morgan fingerprint density at radius 2 is 1.69 bits per heavy atom. The number of benzene rings is 1. The highest BCUT2D eigenvalue weighted by atomic mass is 35.5. The fourth-order valence-corrected chi connectivity index (χ4v) is 3.37. The smallest absolute Gasteiger partial charge is 0.410 e. The summed E-state index contributed by atoms with van der Waals surface area (Å²) in [5, 5.41) is 1.57. The van der Waals surface area contributed by atoms with Crippen LogP contribution in [-0.4, -0.2) is 58.6 Å². The number of nitrogens with one attached hydrogen (secondary N) is 1. The highest BCUT2D eigenvalue weighted by molar-refractivity contribution is 6.31. The third-order valence-corrected chi connectivity index (χ3v) is 4.56. The number of aromatic nitrogens is 1. The molecule has 0 atom stereocenters. The van der Waals surface area contributed by atoms with Crippen molar-refractivity contribution in [2.75, 3.05) is 26.2 Å². The fourth-order valence-electron chi connectivity index (χ4n) is 3.08. The van der Waals surface area contributed by atoms with Gasteiger partial charge in [-0.05, 0) is 51.5 Å². The van der Waals surface area contributed by atoms with E-state index < -0.39 is 5.60 Å². The standard InChI is InChI=1S/C19H24ClN3O3/c1-12-9-14(20)10-13-11-15(21-16(12)13)17(24)22-5-7-23(8-6-22)18(25)26-19(2,3)4/h9-11,21H,5-8H2,1-4H3. The summed E-state index contributed by atoms with van der Waals surface area (Å²) in [6.45, 7) is 9.37. The van der Waals surface area contributed by atoms with Crippen LogP contribution in [0.2, 0.25) is 5.02 Å². The van der Waals surface area contributed by atoms with Gasteiger partial charge in [0, 0.05) is 42.1 Å². The number of H-pyrrole nitrogens is 1. The average Bonchev–Trinajstić information content (AvgIpc) is 2.97. The number of ether oxygens (including phenoxy) is 1. The van der Waals surface area contributed by atoms with Gasteiger partial charge in [-0.1, -0.05) is 11.6 Å². The first-order valence-electron chi connectivity index (χ1n) is 8.70. The van der Waals surface area contributed by atoms with Gasteiger partial charge < -0.3 is 19.5 Å². The Morgan fingerprint density at radius 3 is 2.31 bits per heavy atom. The van der Waals surface area contributed by atoms with Crippen LogP contribution in [0, 0.1) is 6.92 Å². The molecule has 1 fully saturated rings. The molecule has 0 aliphatic carbocycles. The van der Waals surface area contributed by atoms with Gasteiger partial charge in [-0.15, -0.1) is 0 Å². The molecular weight excluding hydrogens is 354 g/mol. The molecule has 1 saturated heterocycles. The molecule has 1 aliphatic heterocycles. The number of amides is 2. The second kappa shape index (κ2) is 6.83. The number of fused-ring (bicyclic) bond motifs is 1. The van der Waals surface area contributed by atoms with Gasteiger partial charge in [0.25, 0.3) is 5.91 Å². The van der Waals surface area contributed by atoms with E-state index in [2.05, 4.69) is 4.98 Å². The number of aryl methyl sites for hydroxylation is 1. The van der Waals surface area contributed by atoms with E-state index in [0.717, 1.165) is 16.5 Å². The van der Waals surface area contributed by atoms with E-state index >= 15 is 0 Å². The van der Waals surface area contributed by atoms with Gasteiger partial charge >= 0.3 is 6.09 Å². The normalized spacial score (nSPS) is 15.4. The van der Waals surface area contributed by atoms with Crippen molar-refractivity contribution in [3.8, 4) is 0 Å². The molecule has 0 saturated carbocycles. The van der Waals surface area contributed by atoms with Crippen LogP contribution in [-0.2, 0) is 4.74 Å². The van der Waals surface area contributed by atoms with Crippen molar-refractivity contribution in [1.82, 2.24) is 14.8 Å². The van der Waals surface area contributed by atoms with Gasteiger partial charge in [-0.25, -0.2) is 4.79 Å². The maximum atomic E-state index is 12.8. The quantitative estimate of drug-likeness (QED) is 0.821. The van der Waals surface area contributed by atoms with E-state index in [9.17, 15) is 9.59 Å². The second-order valence-electron chi connectivity index (χ2n) is 7.63. The largest absolute Gasteiger partial charge is 0.444 e. The zero-order valence-electron chi connectivity index (χ0n) is 15.6. The van der Waals surface area contributed by atoms with E-state index in [1.54, 1.807) is 9.80 Å². The first-order valence-corrected chi connectivity index (χ1v) is 9.08. The molecule has 1 N–H and O–H groups in total. The van der Waals surface area contributed by atoms with Crippen molar-refractivity contribution in [3.63, 3.8) is 0 Å². The van der Waals surface area contributed by atoms with Crippen molar-refractivity contribution in [3.05, 3.63) is 34.5 Å². The summed E-state index contributed by atoms with van der Waals surface area (Å²) >= 11 is 6.09. The molecule has 0 unspecified atom stereocenters. The molecule has 1 aromatic carbocycles. The monoisotopic (exact) mass is 377 g/mol. The molecule has 6 nitrogen and oxygen atoms in total. The number of nitrogens with zero attached hydrogens (tertiary/aromatic N) is 2. The van der Waals surface area contributed by atoms with Crippen LogP contribution in [0.25, 0.3) is 10.9 Å². The van der Waals surface area contributed by atoms with Gasteiger partial charge in [0.05, 0.1) is 0 Å².